The highest BCUT2D eigenvalue weighted by molar-refractivity contribution is 8.00. The Morgan fingerprint density at radius 3 is 2.47 bits per heavy atom. The predicted octanol–water partition coefficient (Wildman–Crippen LogP) is 2.76. The van der Waals surface area contributed by atoms with Gasteiger partial charge in [-0.05, 0) is 17.5 Å². The van der Waals surface area contributed by atoms with Crippen molar-refractivity contribution in [2.24, 2.45) is 5.73 Å². The monoisotopic (exact) mass is 473 g/mol. The number of hydrogen-bond acceptors (Lipinski definition) is 9. The highest BCUT2D eigenvalue weighted by atomic mass is 32.2. The molecule has 1 atom stereocenters. The molecule has 0 aliphatic heterocycles. The van der Waals surface area contributed by atoms with Crippen LogP contribution in [0.4, 0.5) is 5.82 Å². The first-order valence-corrected chi connectivity index (χ1v) is 11.8. The molecule has 4 N–H and O–H groups in total. The molecule has 0 aliphatic carbocycles. The van der Waals surface area contributed by atoms with Crippen molar-refractivity contribution < 1.29 is 19.1 Å². The van der Waals surface area contributed by atoms with Gasteiger partial charge in [0.25, 0.3) is 0 Å². The average Bonchev–Trinajstić information content (AvgIpc) is 2.77. The summed E-state index contributed by atoms with van der Waals surface area (Å²) in [6.45, 7) is 2.16. The van der Waals surface area contributed by atoms with Crippen molar-refractivity contribution in [1.82, 2.24) is 4.98 Å². The van der Waals surface area contributed by atoms with Gasteiger partial charge in [-0.15, -0.1) is 0 Å². The van der Waals surface area contributed by atoms with Crippen molar-refractivity contribution in [3.63, 3.8) is 0 Å². The van der Waals surface area contributed by atoms with Crippen LogP contribution in [0.15, 0.2) is 35.4 Å². The summed E-state index contributed by atoms with van der Waals surface area (Å²) in [5, 5.41) is 19.2. The molecule has 2 rings (SSSR count). The van der Waals surface area contributed by atoms with Gasteiger partial charge in [-0.3, -0.25) is 4.79 Å². The van der Waals surface area contributed by atoms with Gasteiger partial charge in [0.1, 0.15) is 28.2 Å². The fraction of sp³-hybridized carbons (Fsp3) is 0.333. The minimum Gasteiger partial charge on any atom is -0.368 e. The Morgan fingerprint density at radius 2 is 1.94 bits per heavy atom. The van der Waals surface area contributed by atoms with E-state index in [-0.39, 0.29) is 24.3 Å². The van der Waals surface area contributed by atoms with Crippen LogP contribution in [0.2, 0.25) is 0 Å². The van der Waals surface area contributed by atoms with Crippen LogP contribution in [0, 0.1) is 22.7 Å². The van der Waals surface area contributed by atoms with Gasteiger partial charge < -0.3 is 24.9 Å². The number of benzene rings is 1. The number of likely N-dealkylation sites (N-methyl/N-ethyl adjacent to an activating group) is 1. The second-order valence-corrected chi connectivity index (χ2v) is 8.62. The number of hydrogen-bond donors (Lipinski definition) is 3. The van der Waals surface area contributed by atoms with Crippen molar-refractivity contribution >= 4 is 32.1 Å². The topological polar surface area (TPSA) is 156 Å². The minimum absolute atomic E-state index is 0.00126. The summed E-state index contributed by atoms with van der Waals surface area (Å²) in [6.07, 6.45) is 1.17. The normalized spacial score (nSPS) is 11.6. The molecule has 1 amide bonds. The number of primary amides is 1. The van der Waals surface area contributed by atoms with Gasteiger partial charge in [-0.2, -0.15) is 10.5 Å². The molecule has 1 aromatic heterocycles. The Bertz CT molecular complexity index is 1020. The molecule has 0 aliphatic rings. The second kappa shape index (κ2) is 12.4. The summed E-state index contributed by atoms with van der Waals surface area (Å²) in [5.74, 6) is -0.256. The zero-order valence-corrected chi connectivity index (χ0v) is 19.4. The molecule has 0 radical (unpaired) electrons. The van der Waals surface area contributed by atoms with Crippen molar-refractivity contribution in [3.8, 4) is 12.1 Å². The fourth-order valence-electron chi connectivity index (χ4n) is 3.09. The third-order valence-corrected chi connectivity index (χ3v) is 6.23. The molecule has 1 heterocycles. The zero-order chi connectivity index (χ0) is 23.7. The summed E-state index contributed by atoms with van der Waals surface area (Å²) in [5.41, 5.74) is 7.41. The number of thioether (sulfide) groups is 1. The van der Waals surface area contributed by atoms with E-state index < -0.39 is 19.8 Å². The number of aromatic nitrogens is 1. The summed E-state index contributed by atoms with van der Waals surface area (Å²) in [6, 6.07) is 13.3. The Hall–Kier alpha value is -2.72. The maximum Gasteiger partial charge on any atom is 0.327 e. The van der Waals surface area contributed by atoms with E-state index in [2.05, 4.69) is 17.1 Å². The van der Waals surface area contributed by atoms with Crippen LogP contribution in [0.5, 0.6) is 0 Å². The number of carbonyl (C=O) groups is 1. The van der Waals surface area contributed by atoms with Crippen LogP contribution in [0.3, 0.4) is 0 Å². The largest absolute Gasteiger partial charge is 0.368 e. The van der Waals surface area contributed by atoms with Crippen LogP contribution in [-0.2, 0) is 15.7 Å². The van der Waals surface area contributed by atoms with Gasteiger partial charge in [0, 0.05) is 13.6 Å². The number of rotatable bonds is 11. The molecule has 1 aromatic carbocycles. The Morgan fingerprint density at radius 1 is 1.28 bits per heavy atom. The summed E-state index contributed by atoms with van der Waals surface area (Å²) >= 11 is 1.07. The smallest absolute Gasteiger partial charge is 0.327 e. The predicted molar refractivity (Wildman–Crippen MR) is 122 cm³/mol. The van der Waals surface area contributed by atoms with E-state index in [1.165, 1.54) is 0 Å². The molecule has 168 valence electrons. The Balaban J connectivity index is 2.58. The van der Waals surface area contributed by atoms with E-state index in [4.69, 9.17) is 20.0 Å². The number of nitrogens with zero attached hydrogens (tertiary/aromatic N) is 4. The maximum absolute atomic E-state index is 12.2. The molecule has 2 aromatic rings. The van der Waals surface area contributed by atoms with Gasteiger partial charge in [-0.1, -0.05) is 55.4 Å². The van der Waals surface area contributed by atoms with Gasteiger partial charge in [0.05, 0.1) is 17.7 Å². The first kappa shape index (κ1) is 25.5. The van der Waals surface area contributed by atoms with Crippen molar-refractivity contribution in [2.75, 3.05) is 25.1 Å². The lowest BCUT2D eigenvalue weighted by molar-refractivity contribution is -0.117. The lowest BCUT2D eigenvalue weighted by Crippen LogP contribution is -2.25. The van der Waals surface area contributed by atoms with E-state index >= 15 is 0 Å². The zero-order valence-electron chi connectivity index (χ0n) is 17.7. The van der Waals surface area contributed by atoms with Crippen LogP contribution >= 0.6 is 20.4 Å². The molecule has 0 saturated carbocycles. The number of anilines is 1. The van der Waals surface area contributed by atoms with Crippen molar-refractivity contribution in [2.45, 2.75) is 30.0 Å². The second-order valence-electron chi connectivity index (χ2n) is 6.76. The minimum atomic E-state index is -2.49. The maximum atomic E-state index is 12.2. The molecular weight excluding hydrogens is 449 g/mol. The third-order valence-electron chi connectivity index (χ3n) is 4.56. The van der Waals surface area contributed by atoms with E-state index in [0.29, 0.717) is 34.8 Å². The average molecular weight is 473 g/mol. The number of carbonyl (C=O) groups excluding carboxylic acids is 1. The summed E-state index contributed by atoms with van der Waals surface area (Å²) < 4.78 is 4.82. The molecule has 0 fully saturated rings. The number of nitrogens with two attached hydrogens (primary N) is 1. The lowest BCUT2D eigenvalue weighted by Gasteiger charge is -2.23. The van der Waals surface area contributed by atoms with E-state index in [1.54, 1.807) is 36.2 Å². The quantitative estimate of drug-likeness (QED) is 0.330. The molecule has 11 heteroatoms. The molecule has 0 saturated heterocycles. The first-order valence-electron chi connectivity index (χ1n) is 9.73. The van der Waals surface area contributed by atoms with Crippen LogP contribution in [0.1, 0.15) is 40.8 Å². The first-order chi connectivity index (χ1) is 15.3. The van der Waals surface area contributed by atoms with E-state index in [0.717, 1.165) is 11.8 Å². The van der Waals surface area contributed by atoms with Crippen molar-refractivity contribution in [3.05, 3.63) is 52.6 Å². The van der Waals surface area contributed by atoms with E-state index in [1.807, 2.05) is 13.0 Å². The standard InChI is InChI=1S/C21H24N5O4PS/c1-3-7-15-16(12-22)20(26(2)10-11-30-31(28)29)25-21(17(15)13-23)32-18(19(24)27)14-8-5-4-6-9-14/h4-6,8-9,18,28-29H,3,7,10-11H2,1-2H3,(H2,24,27). The highest BCUT2D eigenvalue weighted by Crippen LogP contribution is 2.39. The molecule has 1 unspecified atom stereocenters. The number of nitriles is 2. The lowest BCUT2D eigenvalue weighted by atomic mass is 10.00. The molecule has 32 heavy (non-hydrogen) atoms. The third kappa shape index (κ3) is 6.39. The van der Waals surface area contributed by atoms with Crippen LogP contribution in [0.25, 0.3) is 0 Å². The van der Waals surface area contributed by atoms with Gasteiger partial charge in [0.15, 0.2) is 0 Å². The highest BCUT2D eigenvalue weighted by Gasteiger charge is 2.27. The molecule has 9 nitrogen and oxygen atoms in total. The molecule has 0 spiro atoms. The fourth-order valence-corrected chi connectivity index (χ4v) is 4.39. The number of pyridine rings is 1. The summed E-state index contributed by atoms with van der Waals surface area (Å²) in [4.78, 5) is 36.3. The van der Waals surface area contributed by atoms with Crippen LogP contribution in [-0.4, -0.2) is 40.9 Å². The Kier molecular flexibility index (Phi) is 9.86. The molecular formula is C21H24N5O4PS. The van der Waals surface area contributed by atoms with Gasteiger partial charge in [-0.25, -0.2) is 4.98 Å². The van der Waals surface area contributed by atoms with Gasteiger partial charge >= 0.3 is 8.60 Å². The van der Waals surface area contributed by atoms with E-state index in [9.17, 15) is 15.3 Å². The molecule has 0 bridgehead atoms. The van der Waals surface area contributed by atoms with Crippen LogP contribution < -0.4 is 10.6 Å². The van der Waals surface area contributed by atoms with Crippen molar-refractivity contribution in [1.29, 1.82) is 10.5 Å². The van der Waals surface area contributed by atoms with Gasteiger partial charge in [0.2, 0.25) is 5.91 Å². The SMILES string of the molecule is CCCc1c(C#N)c(SC(C(N)=O)c2ccccc2)nc(N(C)CCOP(O)O)c1C#N. The number of amides is 1. The Labute approximate surface area is 192 Å². The summed E-state index contributed by atoms with van der Waals surface area (Å²) in [7, 11) is -0.810.